The third-order valence-electron chi connectivity index (χ3n) is 2.99. The zero-order valence-electron chi connectivity index (χ0n) is 9.46. The van der Waals surface area contributed by atoms with Gasteiger partial charge in [-0.15, -0.1) is 0 Å². The van der Waals surface area contributed by atoms with Gasteiger partial charge in [0.15, 0.2) is 5.78 Å². The van der Waals surface area contributed by atoms with Crippen molar-refractivity contribution in [2.24, 2.45) is 5.92 Å². The largest absolute Gasteiger partial charge is 0.458 e. The van der Waals surface area contributed by atoms with E-state index >= 15 is 0 Å². The number of carbonyl (C=O) groups excluding carboxylic acids is 2. The van der Waals surface area contributed by atoms with Gasteiger partial charge >= 0.3 is 5.97 Å². The van der Waals surface area contributed by atoms with Crippen molar-refractivity contribution in [2.45, 2.75) is 51.9 Å². The molecule has 86 valence electrons. The number of ketones is 1. The summed E-state index contributed by atoms with van der Waals surface area (Å²) in [5, 5.41) is 0. The summed E-state index contributed by atoms with van der Waals surface area (Å²) in [6, 6.07) is 0. The second-order valence-electron chi connectivity index (χ2n) is 4.36. The van der Waals surface area contributed by atoms with Gasteiger partial charge in [0.25, 0.3) is 0 Å². The molecule has 0 amide bonds. The zero-order chi connectivity index (χ0) is 11.1. The molecular weight excluding hydrogens is 192 g/mol. The highest BCUT2D eigenvalue weighted by molar-refractivity contribution is 5.81. The van der Waals surface area contributed by atoms with Crippen LogP contribution in [0.25, 0.3) is 0 Å². The lowest BCUT2D eigenvalue weighted by Gasteiger charge is -2.20. The average molecular weight is 212 g/mol. The van der Waals surface area contributed by atoms with Crippen LogP contribution in [-0.4, -0.2) is 18.4 Å². The van der Waals surface area contributed by atoms with Crippen LogP contribution < -0.4 is 0 Å². The fraction of sp³-hybridized carbons (Fsp3) is 0.833. The number of ether oxygens (including phenoxy) is 1. The average Bonchev–Trinajstić information content (AvgIpc) is 2.25. The number of esters is 1. The SMILES string of the molecule is CC(=O)OCC(=O)CCC1CCCCC1. The van der Waals surface area contributed by atoms with E-state index in [2.05, 4.69) is 4.74 Å². The van der Waals surface area contributed by atoms with Gasteiger partial charge in [-0.05, 0) is 12.3 Å². The molecule has 0 radical (unpaired) electrons. The van der Waals surface area contributed by atoms with Crippen molar-refractivity contribution in [1.82, 2.24) is 0 Å². The van der Waals surface area contributed by atoms with E-state index < -0.39 is 0 Å². The first-order valence-corrected chi connectivity index (χ1v) is 5.83. The highest BCUT2D eigenvalue weighted by Crippen LogP contribution is 2.27. The monoisotopic (exact) mass is 212 g/mol. The van der Waals surface area contributed by atoms with Crippen LogP contribution >= 0.6 is 0 Å². The molecule has 0 aromatic carbocycles. The summed E-state index contributed by atoms with van der Waals surface area (Å²) < 4.78 is 4.66. The number of rotatable bonds is 5. The van der Waals surface area contributed by atoms with Gasteiger partial charge in [0, 0.05) is 13.3 Å². The molecule has 1 fully saturated rings. The van der Waals surface area contributed by atoms with Crippen LogP contribution in [0.5, 0.6) is 0 Å². The van der Waals surface area contributed by atoms with Gasteiger partial charge in [-0.3, -0.25) is 9.59 Å². The molecule has 1 aliphatic rings. The first kappa shape index (κ1) is 12.2. The molecule has 3 heteroatoms. The minimum absolute atomic E-state index is 0.0396. The van der Waals surface area contributed by atoms with Crippen LogP contribution in [0.2, 0.25) is 0 Å². The van der Waals surface area contributed by atoms with Gasteiger partial charge in [-0.25, -0.2) is 0 Å². The maximum atomic E-state index is 11.3. The van der Waals surface area contributed by atoms with Crippen LogP contribution in [0.1, 0.15) is 51.9 Å². The Morgan fingerprint density at radius 3 is 2.47 bits per heavy atom. The van der Waals surface area contributed by atoms with E-state index in [-0.39, 0.29) is 18.4 Å². The third-order valence-corrected chi connectivity index (χ3v) is 2.99. The Kier molecular flexibility index (Phi) is 5.37. The number of carbonyl (C=O) groups is 2. The van der Waals surface area contributed by atoms with Gasteiger partial charge in [0.05, 0.1) is 0 Å². The van der Waals surface area contributed by atoms with Crippen molar-refractivity contribution in [3.8, 4) is 0 Å². The second kappa shape index (κ2) is 6.59. The highest BCUT2D eigenvalue weighted by atomic mass is 16.5. The lowest BCUT2D eigenvalue weighted by molar-refractivity contribution is -0.145. The van der Waals surface area contributed by atoms with Crippen molar-refractivity contribution >= 4 is 11.8 Å². The van der Waals surface area contributed by atoms with E-state index in [1.54, 1.807) is 0 Å². The maximum absolute atomic E-state index is 11.3. The fourth-order valence-corrected chi connectivity index (χ4v) is 2.10. The summed E-state index contributed by atoms with van der Waals surface area (Å²) in [5.41, 5.74) is 0. The minimum Gasteiger partial charge on any atom is -0.458 e. The molecule has 0 aromatic heterocycles. The van der Waals surface area contributed by atoms with Crippen molar-refractivity contribution in [3.63, 3.8) is 0 Å². The van der Waals surface area contributed by atoms with Crippen molar-refractivity contribution < 1.29 is 14.3 Å². The molecule has 3 nitrogen and oxygen atoms in total. The number of Topliss-reactive ketones (excluding diaryl/α,β-unsaturated/α-hetero) is 1. The Balaban J connectivity index is 2.07. The Labute approximate surface area is 91.2 Å². The van der Waals surface area contributed by atoms with Gasteiger partial charge in [0.2, 0.25) is 0 Å². The zero-order valence-corrected chi connectivity index (χ0v) is 9.46. The summed E-state index contributed by atoms with van der Waals surface area (Å²) in [6.45, 7) is 1.29. The second-order valence-corrected chi connectivity index (χ2v) is 4.36. The number of hydrogen-bond donors (Lipinski definition) is 0. The molecule has 0 aliphatic heterocycles. The molecule has 0 unspecified atom stereocenters. The van der Waals surface area contributed by atoms with Crippen molar-refractivity contribution in [3.05, 3.63) is 0 Å². The van der Waals surface area contributed by atoms with E-state index in [9.17, 15) is 9.59 Å². The molecule has 0 N–H and O–H groups in total. The third kappa shape index (κ3) is 5.55. The topological polar surface area (TPSA) is 43.4 Å². The van der Waals surface area contributed by atoms with Gasteiger partial charge in [0.1, 0.15) is 6.61 Å². The van der Waals surface area contributed by atoms with Crippen LogP contribution in [0.4, 0.5) is 0 Å². The molecule has 0 heterocycles. The molecule has 0 aromatic rings. The first-order valence-electron chi connectivity index (χ1n) is 5.83. The molecule has 0 spiro atoms. The summed E-state index contributed by atoms with van der Waals surface area (Å²) in [5.74, 6) is 0.400. The molecule has 15 heavy (non-hydrogen) atoms. The Morgan fingerprint density at radius 1 is 1.20 bits per heavy atom. The summed E-state index contributed by atoms with van der Waals surface area (Å²) in [4.78, 5) is 21.8. The minimum atomic E-state index is -0.374. The molecule has 0 atom stereocenters. The van der Waals surface area contributed by atoms with Gasteiger partial charge in [-0.2, -0.15) is 0 Å². The fourth-order valence-electron chi connectivity index (χ4n) is 2.10. The molecule has 1 saturated carbocycles. The van der Waals surface area contributed by atoms with Crippen LogP contribution in [-0.2, 0) is 14.3 Å². The van der Waals surface area contributed by atoms with Crippen molar-refractivity contribution in [1.29, 1.82) is 0 Å². The standard InChI is InChI=1S/C12H20O3/c1-10(13)15-9-12(14)8-7-11-5-3-2-4-6-11/h11H,2-9H2,1H3. The Hall–Kier alpha value is -0.860. The summed E-state index contributed by atoms with van der Waals surface area (Å²) in [7, 11) is 0. The van der Waals surface area contributed by atoms with Crippen LogP contribution in [0, 0.1) is 5.92 Å². The predicted octanol–water partition coefficient (Wildman–Crippen LogP) is 2.48. The van der Waals surface area contributed by atoms with Crippen LogP contribution in [0.3, 0.4) is 0 Å². The van der Waals surface area contributed by atoms with E-state index in [4.69, 9.17) is 0 Å². The smallest absolute Gasteiger partial charge is 0.303 e. The first-order chi connectivity index (χ1) is 7.18. The van der Waals surface area contributed by atoms with Gasteiger partial charge < -0.3 is 4.74 Å². The molecular formula is C12H20O3. The Bertz CT molecular complexity index is 217. The van der Waals surface area contributed by atoms with Gasteiger partial charge in [-0.1, -0.05) is 32.1 Å². The summed E-state index contributed by atoms with van der Waals surface area (Å²) >= 11 is 0. The molecule has 0 saturated heterocycles. The van der Waals surface area contributed by atoms with E-state index in [1.807, 2.05) is 0 Å². The van der Waals surface area contributed by atoms with E-state index in [0.717, 1.165) is 12.3 Å². The molecule has 1 rings (SSSR count). The molecule has 1 aliphatic carbocycles. The normalized spacial score (nSPS) is 17.4. The molecule has 0 bridgehead atoms. The number of hydrogen-bond acceptors (Lipinski definition) is 3. The summed E-state index contributed by atoms with van der Waals surface area (Å²) in [6.07, 6.45) is 8.03. The lowest BCUT2D eigenvalue weighted by Crippen LogP contribution is -2.14. The highest BCUT2D eigenvalue weighted by Gasteiger charge is 2.15. The van der Waals surface area contributed by atoms with E-state index in [0.29, 0.717) is 6.42 Å². The van der Waals surface area contributed by atoms with Crippen LogP contribution in [0.15, 0.2) is 0 Å². The van der Waals surface area contributed by atoms with E-state index in [1.165, 1.54) is 39.0 Å². The maximum Gasteiger partial charge on any atom is 0.303 e. The predicted molar refractivity (Wildman–Crippen MR) is 57.4 cm³/mol. The lowest BCUT2D eigenvalue weighted by atomic mass is 9.86. The quantitative estimate of drug-likeness (QED) is 0.657. The Morgan fingerprint density at radius 2 is 1.87 bits per heavy atom. The van der Waals surface area contributed by atoms with Crippen molar-refractivity contribution in [2.75, 3.05) is 6.61 Å².